The average molecular weight is 496 g/mol. The van der Waals surface area contributed by atoms with Gasteiger partial charge in [-0.05, 0) is 51.0 Å². The Kier molecular flexibility index (Phi) is 5.67. The number of halogens is 1. The molecule has 0 aliphatic carbocycles. The van der Waals surface area contributed by atoms with Crippen molar-refractivity contribution in [2.24, 2.45) is 0 Å². The maximum Gasteiger partial charge on any atom is 0.410 e. The molecule has 1 atom stereocenters. The van der Waals surface area contributed by atoms with Crippen LogP contribution in [0.4, 0.5) is 10.5 Å². The molecule has 3 aromatic rings. The molecular formula is C26H30ClN5O3. The number of anilines is 1. The van der Waals surface area contributed by atoms with Crippen molar-refractivity contribution in [1.82, 2.24) is 20.0 Å². The van der Waals surface area contributed by atoms with E-state index in [0.717, 1.165) is 27.6 Å². The third-order valence-corrected chi connectivity index (χ3v) is 7.09. The predicted molar refractivity (Wildman–Crippen MR) is 137 cm³/mol. The van der Waals surface area contributed by atoms with Gasteiger partial charge in [-0.1, -0.05) is 23.7 Å². The SMILES string of the molecule is Cc1ccc2[nH]ncc2c1-c1ccc2c(c1Cl)N(C)C[C@H]1CN(C(=O)OC(C)(C)C)CCN1C2=O. The monoisotopic (exact) mass is 495 g/mol. The lowest BCUT2D eigenvalue weighted by Gasteiger charge is -2.41. The molecule has 5 rings (SSSR count). The highest BCUT2D eigenvalue weighted by Gasteiger charge is 2.39. The fourth-order valence-corrected chi connectivity index (χ4v) is 5.52. The summed E-state index contributed by atoms with van der Waals surface area (Å²) in [6.07, 6.45) is 1.46. The van der Waals surface area contributed by atoms with E-state index in [1.54, 1.807) is 11.1 Å². The second-order valence-corrected chi connectivity index (χ2v) is 10.7. The lowest BCUT2D eigenvalue weighted by molar-refractivity contribution is 0.00560. The van der Waals surface area contributed by atoms with Crippen LogP contribution in [0.2, 0.25) is 5.02 Å². The van der Waals surface area contributed by atoms with Crippen molar-refractivity contribution in [3.8, 4) is 11.1 Å². The normalized spacial score (nSPS) is 18.4. The third kappa shape index (κ3) is 4.10. The van der Waals surface area contributed by atoms with Gasteiger partial charge in [-0.25, -0.2) is 4.79 Å². The third-order valence-electron chi connectivity index (χ3n) is 6.71. The number of benzene rings is 2. The first-order valence-electron chi connectivity index (χ1n) is 11.8. The van der Waals surface area contributed by atoms with Crippen LogP contribution >= 0.6 is 11.6 Å². The highest BCUT2D eigenvalue weighted by molar-refractivity contribution is 6.37. The summed E-state index contributed by atoms with van der Waals surface area (Å²) < 4.78 is 5.57. The Labute approximate surface area is 209 Å². The standard InChI is InChI=1S/C26H30ClN5O3/c1-15-6-9-20-19(12-28-29-20)21(15)17-7-8-18-23(22(17)27)30(5)13-16-14-31(10-11-32(16)24(18)33)25(34)35-26(2,3)4/h6-9,12,16H,10-11,13-14H2,1-5H3,(H,28,29)/t16-/m0/s1. The van der Waals surface area contributed by atoms with E-state index in [1.165, 1.54) is 0 Å². The van der Waals surface area contributed by atoms with Gasteiger partial charge >= 0.3 is 6.09 Å². The van der Waals surface area contributed by atoms with E-state index in [1.807, 2.05) is 68.8 Å². The summed E-state index contributed by atoms with van der Waals surface area (Å²) in [4.78, 5) is 31.9. The van der Waals surface area contributed by atoms with Gasteiger partial charge in [0.2, 0.25) is 0 Å². The summed E-state index contributed by atoms with van der Waals surface area (Å²) in [5.74, 6) is -0.0649. The molecule has 2 aliphatic rings. The van der Waals surface area contributed by atoms with E-state index in [4.69, 9.17) is 16.3 Å². The van der Waals surface area contributed by atoms with Gasteiger partial charge in [-0.3, -0.25) is 9.89 Å². The number of aromatic nitrogens is 2. The molecule has 1 fully saturated rings. The summed E-state index contributed by atoms with van der Waals surface area (Å²) in [7, 11) is 1.95. The molecular weight excluding hydrogens is 466 g/mol. The maximum atomic E-state index is 13.7. The van der Waals surface area contributed by atoms with Crippen molar-refractivity contribution in [1.29, 1.82) is 0 Å². The molecule has 1 N–H and O–H groups in total. The molecule has 1 saturated heterocycles. The van der Waals surface area contributed by atoms with Crippen molar-refractivity contribution in [2.75, 3.05) is 38.1 Å². The lowest BCUT2D eigenvalue weighted by Crippen LogP contribution is -2.58. The van der Waals surface area contributed by atoms with E-state index in [0.29, 0.717) is 42.5 Å². The van der Waals surface area contributed by atoms with Gasteiger partial charge in [0.1, 0.15) is 5.60 Å². The predicted octanol–water partition coefficient (Wildman–Crippen LogP) is 4.70. The molecule has 1 aromatic heterocycles. The minimum Gasteiger partial charge on any atom is -0.444 e. The molecule has 184 valence electrons. The van der Waals surface area contributed by atoms with Gasteiger partial charge in [0.15, 0.2) is 0 Å². The van der Waals surface area contributed by atoms with Crippen LogP contribution < -0.4 is 4.90 Å². The van der Waals surface area contributed by atoms with E-state index in [-0.39, 0.29) is 18.0 Å². The summed E-state index contributed by atoms with van der Waals surface area (Å²) in [5.41, 5.74) is 4.60. The highest BCUT2D eigenvalue weighted by atomic mass is 35.5. The Hall–Kier alpha value is -3.26. The number of likely N-dealkylation sites (N-methyl/N-ethyl adjacent to an activating group) is 1. The van der Waals surface area contributed by atoms with Gasteiger partial charge in [-0.15, -0.1) is 0 Å². The number of nitrogens with zero attached hydrogens (tertiary/aromatic N) is 4. The van der Waals surface area contributed by atoms with Crippen LogP contribution in [-0.4, -0.2) is 76.9 Å². The van der Waals surface area contributed by atoms with Gasteiger partial charge in [0, 0.05) is 44.2 Å². The molecule has 35 heavy (non-hydrogen) atoms. The number of amides is 2. The van der Waals surface area contributed by atoms with E-state index < -0.39 is 5.60 Å². The summed E-state index contributed by atoms with van der Waals surface area (Å²) >= 11 is 7.05. The van der Waals surface area contributed by atoms with Crippen molar-refractivity contribution in [2.45, 2.75) is 39.3 Å². The van der Waals surface area contributed by atoms with Gasteiger partial charge in [-0.2, -0.15) is 5.10 Å². The summed E-state index contributed by atoms with van der Waals surface area (Å²) in [6.45, 7) is 9.45. The molecule has 0 spiro atoms. The fraction of sp³-hybridized carbons (Fsp3) is 0.423. The minimum absolute atomic E-state index is 0.0649. The van der Waals surface area contributed by atoms with Gasteiger partial charge < -0.3 is 19.4 Å². The zero-order chi connectivity index (χ0) is 25.1. The molecule has 9 heteroatoms. The Balaban J connectivity index is 1.51. The number of hydrogen-bond donors (Lipinski definition) is 1. The lowest BCUT2D eigenvalue weighted by atomic mass is 9.95. The van der Waals surface area contributed by atoms with Crippen molar-refractivity contribution >= 4 is 40.2 Å². The topological polar surface area (TPSA) is 81.8 Å². The van der Waals surface area contributed by atoms with Crippen LogP contribution in [0.15, 0.2) is 30.5 Å². The zero-order valence-corrected chi connectivity index (χ0v) is 21.4. The van der Waals surface area contributed by atoms with Crippen LogP contribution in [-0.2, 0) is 4.74 Å². The number of piperazine rings is 1. The Bertz CT molecular complexity index is 1330. The quantitative estimate of drug-likeness (QED) is 0.529. The summed E-state index contributed by atoms with van der Waals surface area (Å²) in [5, 5.41) is 8.74. The van der Waals surface area contributed by atoms with E-state index in [2.05, 4.69) is 10.2 Å². The molecule has 0 unspecified atom stereocenters. The van der Waals surface area contributed by atoms with Crippen molar-refractivity contribution in [3.63, 3.8) is 0 Å². The number of ether oxygens (including phenoxy) is 1. The number of aryl methyl sites for hydroxylation is 1. The fourth-order valence-electron chi connectivity index (χ4n) is 5.12. The molecule has 2 aromatic carbocycles. The largest absolute Gasteiger partial charge is 0.444 e. The Morgan fingerprint density at radius 1 is 1.14 bits per heavy atom. The Morgan fingerprint density at radius 3 is 2.63 bits per heavy atom. The second kappa shape index (κ2) is 8.45. The van der Waals surface area contributed by atoms with Crippen LogP contribution in [0, 0.1) is 6.92 Å². The number of carbonyl (C=O) groups excluding carboxylic acids is 2. The minimum atomic E-state index is -0.569. The van der Waals surface area contributed by atoms with E-state index >= 15 is 0 Å². The van der Waals surface area contributed by atoms with Crippen molar-refractivity contribution in [3.05, 3.63) is 46.6 Å². The smallest absolute Gasteiger partial charge is 0.410 e. The molecule has 0 saturated carbocycles. The molecule has 2 amide bonds. The van der Waals surface area contributed by atoms with E-state index in [9.17, 15) is 9.59 Å². The number of hydrogen-bond acceptors (Lipinski definition) is 5. The first-order chi connectivity index (χ1) is 16.5. The van der Waals surface area contributed by atoms with Crippen LogP contribution in [0.1, 0.15) is 36.7 Å². The van der Waals surface area contributed by atoms with Gasteiger partial charge in [0.25, 0.3) is 5.91 Å². The highest BCUT2D eigenvalue weighted by Crippen LogP contribution is 2.43. The number of fused-ring (bicyclic) bond motifs is 3. The first kappa shape index (κ1) is 23.5. The molecule has 0 radical (unpaired) electrons. The van der Waals surface area contributed by atoms with Crippen LogP contribution in [0.25, 0.3) is 22.0 Å². The molecule has 0 bridgehead atoms. The molecule has 2 aliphatic heterocycles. The number of nitrogens with one attached hydrogen (secondary N) is 1. The van der Waals surface area contributed by atoms with Crippen LogP contribution in [0.3, 0.4) is 0 Å². The number of aromatic amines is 1. The number of H-pyrrole nitrogens is 1. The van der Waals surface area contributed by atoms with Crippen molar-refractivity contribution < 1.29 is 14.3 Å². The van der Waals surface area contributed by atoms with Crippen LogP contribution in [0.5, 0.6) is 0 Å². The molecule has 8 nitrogen and oxygen atoms in total. The zero-order valence-electron chi connectivity index (χ0n) is 20.7. The molecule has 3 heterocycles. The number of carbonyl (C=O) groups is 2. The average Bonchev–Trinajstić information content (AvgIpc) is 3.22. The second-order valence-electron chi connectivity index (χ2n) is 10.4. The number of rotatable bonds is 1. The Morgan fingerprint density at radius 2 is 1.89 bits per heavy atom. The first-order valence-corrected chi connectivity index (χ1v) is 12.2. The summed E-state index contributed by atoms with van der Waals surface area (Å²) in [6, 6.07) is 7.68. The maximum absolute atomic E-state index is 13.7. The van der Waals surface area contributed by atoms with Gasteiger partial charge in [0.05, 0.1) is 34.0 Å².